The van der Waals surface area contributed by atoms with E-state index < -0.39 is 0 Å². The van der Waals surface area contributed by atoms with Gasteiger partial charge in [-0.2, -0.15) is 0 Å². The number of benzene rings is 2. The van der Waals surface area contributed by atoms with Gasteiger partial charge in [0, 0.05) is 18.4 Å². The summed E-state index contributed by atoms with van der Waals surface area (Å²) >= 11 is 1.76. The molecule has 0 fully saturated rings. The van der Waals surface area contributed by atoms with E-state index in [1.54, 1.807) is 18.9 Å². The van der Waals surface area contributed by atoms with Crippen molar-refractivity contribution in [1.82, 2.24) is 4.90 Å². The molecular formula is C33H48N2O4S. The number of hydrogen-bond acceptors (Lipinski definition) is 6. The van der Waals surface area contributed by atoms with Crippen molar-refractivity contribution in [2.24, 2.45) is 0 Å². The molecule has 1 aliphatic heterocycles. The van der Waals surface area contributed by atoms with Crippen LogP contribution in [0.3, 0.4) is 0 Å². The van der Waals surface area contributed by atoms with E-state index in [9.17, 15) is 4.79 Å². The second-order valence-electron chi connectivity index (χ2n) is 10.3. The minimum Gasteiger partial charge on any atom is -0.493 e. The fourth-order valence-electron chi connectivity index (χ4n) is 4.77. The molecule has 1 amide bonds. The van der Waals surface area contributed by atoms with Crippen molar-refractivity contribution in [1.29, 1.82) is 0 Å². The first kappa shape index (κ1) is 31.7. The van der Waals surface area contributed by atoms with Gasteiger partial charge in [-0.25, -0.2) is 0 Å². The first-order chi connectivity index (χ1) is 19.7. The lowest BCUT2D eigenvalue weighted by Crippen LogP contribution is -2.22. The summed E-state index contributed by atoms with van der Waals surface area (Å²) in [6.45, 7) is 3.49. The predicted molar refractivity (Wildman–Crippen MR) is 167 cm³/mol. The molecule has 0 unspecified atom stereocenters. The maximum absolute atomic E-state index is 12.8. The van der Waals surface area contributed by atoms with Gasteiger partial charge in [-0.1, -0.05) is 102 Å². The summed E-state index contributed by atoms with van der Waals surface area (Å²) in [4.78, 5) is 15.0. The van der Waals surface area contributed by atoms with Crippen LogP contribution >= 0.6 is 11.8 Å². The van der Waals surface area contributed by atoms with E-state index in [2.05, 4.69) is 28.7 Å². The Morgan fingerprint density at radius 3 is 2.20 bits per heavy atom. The van der Waals surface area contributed by atoms with Gasteiger partial charge in [0.05, 0.1) is 19.6 Å². The number of thioether (sulfide) groups is 1. The highest BCUT2D eigenvalue weighted by Crippen LogP contribution is 2.37. The van der Waals surface area contributed by atoms with E-state index in [-0.39, 0.29) is 12.5 Å². The fraction of sp³-hybridized carbons (Fsp3) is 0.545. The Kier molecular flexibility index (Phi) is 15.3. The van der Waals surface area contributed by atoms with Crippen LogP contribution in [0.5, 0.6) is 17.2 Å². The van der Waals surface area contributed by atoms with Crippen molar-refractivity contribution in [2.75, 3.05) is 31.5 Å². The van der Waals surface area contributed by atoms with Gasteiger partial charge in [0.15, 0.2) is 18.1 Å². The number of ether oxygens (including phenoxy) is 3. The Labute approximate surface area is 245 Å². The number of carbonyl (C=O) groups excluding carboxylic acids is 1. The molecule has 0 bridgehead atoms. The predicted octanol–water partition coefficient (Wildman–Crippen LogP) is 8.77. The summed E-state index contributed by atoms with van der Waals surface area (Å²) in [5, 5.41) is 5.09. The van der Waals surface area contributed by atoms with Gasteiger partial charge in [0.25, 0.3) is 5.91 Å². The topological polar surface area (TPSA) is 60.0 Å². The Balaban J connectivity index is 1.38. The van der Waals surface area contributed by atoms with E-state index in [1.165, 1.54) is 64.2 Å². The number of rotatable bonds is 21. The summed E-state index contributed by atoms with van der Waals surface area (Å²) in [5.74, 6) is 2.39. The SMILES string of the molecule is CCCCCCCCCCCCCCOc1c(OC)cccc1OCC(=O)Nc1ccccc1CN1C=CSC1. The lowest BCUT2D eigenvalue weighted by atomic mass is 10.1. The molecule has 0 spiro atoms. The van der Waals surface area contributed by atoms with Crippen molar-refractivity contribution in [3.8, 4) is 17.2 Å². The highest BCUT2D eigenvalue weighted by atomic mass is 32.2. The average molecular weight is 569 g/mol. The second-order valence-corrected chi connectivity index (χ2v) is 11.2. The molecule has 1 N–H and O–H groups in total. The van der Waals surface area contributed by atoms with Crippen LogP contribution in [0.15, 0.2) is 54.1 Å². The summed E-state index contributed by atoms with van der Waals surface area (Å²) in [7, 11) is 1.62. The number of para-hydroxylation sites is 2. The first-order valence-electron chi connectivity index (χ1n) is 15.0. The van der Waals surface area contributed by atoms with Crippen molar-refractivity contribution < 1.29 is 19.0 Å². The van der Waals surface area contributed by atoms with Crippen LogP contribution in [-0.4, -0.2) is 37.0 Å². The summed E-state index contributed by atoms with van der Waals surface area (Å²) in [6.07, 6.45) is 17.7. The van der Waals surface area contributed by atoms with Crippen molar-refractivity contribution in [3.63, 3.8) is 0 Å². The molecule has 1 heterocycles. The largest absolute Gasteiger partial charge is 0.493 e. The van der Waals surface area contributed by atoms with Gasteiger partial charge in [-0.3, -0.25) is 4.79 Å². The van der Waals surface area contributed by atoms with Gasteiger partial charge < -0.3 is 24.4 Å². The molecular weight excluding hydrogens is 520 g/mol. The van der Waals surface area contributed by atoms with Crippen LogP contribution < -0.4 is 19.5 Å². The first-order valence-corrected chi connectivity index (χ1v) is 16.1. The molecule has 0 aliphatic carbocycles. The number of hydrogen-bond donors (Lipinski definition) is 1. The number of amides is 1. The zero-order chi connectivity index (χ0) is 28.3. The van der Waals surface area contributed by atoms with E-state index in [0.717, 1.165) is 36.5 Å². The molecule has 3 rings (SSSR count). The van der Waals surface area contributed by atoms with Gasteiger partial charge in [-0.15, -0.1) is 11.8 Å². The minimum atomic E-state index is -0.214. The Hall–Kier alpha value is -2.80. The molecule has 6 nitrogen and oxygen atoms in total. The van der Waals surface area contributed by atoms with Crippen LogP contribution in [0.2, 0.25) is 0 Å². The second kappa shape index (κ2) is 19.3. The van der Waals surface area contributed by atoms with Crippen molar-refractivity contribution in [3.05, 3.63) is 59.6 Å². The van der Waals surface area contributed by atoms with Gasteiger partial charge in [0.1, 0.15) is 0 Å². The third-order valence-electron chi connectivity index (χ3n) is 7.04. The molecule has 0 saturated heterocycles. The standard InChI is InChI=1S/C33H48N2O4S/c1-3-4-5-6-7-8-9-10-11-12-13-16-23-38-33-30(37-2)20-17-21-31(33)39-26-32(36)34-29-19-15-14-18-28(29)25-35-22-24-40-27-35/h14-15,17-22,24H,3-13,16,23,25-27H2,1-2H3,(H,34,36). The third kappa shape index (κ3) is 11.7. The maximum Gasteiger partial charge on any atom is 0.262 e. The number of nitrogens with zero attached hydrogens (tertiary/aromatic N) is 1. The lowest BCUT2D eigenvalue weighted by molar-refractivity contribution is -0.118. The highest BCUT2D eigenvalue weighted by Gasteiger charge is 2.15. The fourth-order valence-corrected chi connectivity index (χ4v) is 5.48. The average Bonchev–Trinajstić information content (AvgIpc) is 3.49. The van der Waals surface area contributed by atoms with Gasteiger partial charge in [-0.05, 0) is 35.6 Å². The van der Waals surface area contributed by atoms with E-state index in [0.29, 0.717) is 23.9 Å². The smallest absolute Gasteiger partial charge is 0.262 e. The van der Waals surface area contributed by atoms with E-state index in [1.807, 2.05) is 42.5 Å². The van der Waals surface area contributed by atoms with Crippen molar-refractivity contribution in [2.45, 2.75) is 90.5 Å². The van der Waals surface area contributed by atoms with Crippen molar-refractivity contribution >= 4 is 23.4 Å². The summed E-state index contributed by atoms with van der Waals surface area (Å²) < 4.78 is 17.5. The normalized spacial score (nSPS) is 12.5. The molecule has 2 aromatic carbocycles. The van der Waals surface area contributed by atoms with Crippen LogP contribution in [0.25, 0.3) is 0 Å². The molecule has 7 heteroatoms. The molecule has 0 aromatic heterocycles. The van der Waals surface area contributed by atoms with Gasteiger partial charge in [0.2, 0.25) is 5.75 Å². The van der Waals surface area contributed by atoms with Crippen LogP contribution in [-0.2, 0) is 11.3 Å². The minimum absolute atomic E-state index is 0.115. The maximum atomic E-state index is 12.8. The number of methoxy groups -OCH3 is 1. The van der Waals surface area contributed by atoms with Gasteiger partial charge >= 0.3 is 0 Å². The van der Waals surface area contributed by atoms with E-state index >= 15 is 0 Å². The zero-order valence-electron chi connectivity index (χ0n) is 24.5. The molecule has 40 heavy (non-hydrogen) atoms. The van der Waals surface area contributed by atoms with Crippen LogP contribution in [0.4, 0.5) is 5.69 Å². The Morgan fingerprint density at radius 1 is 0.850 bits per heavy atom. The molecule has 220 valence electrons. The lowest BCUT2D eigenvalue weighted by Gasteiger charge is -2.18. The van der Waals surface area contributed by atoms with E-state index in [4.69, 9.17) is 14.2 Å². The van der Waals surface area contributed by atoms with Crippen LogP contribution in [0, 0.1) is 0 Å². The number of unbranched alkanes of at least 4 members (excludes halogenated alkanes) is 11. The number of carbonyl (C=O) groups is 1. The summed E-state index contributed by atoms with van der Waals surface area (Å²) in [6, 6.07) is 13.4. The molecule has 0 saturated carbocycles. The molecule has 2 aromatic rings. The Bertz CT molecular complexity index is 1030. The Morgan fingerprint density at radius 2 is 1.52 bits per heavy atom. The highest BCUT2D eigenvalue weighted by molar-refractivity contribution is 8.02. The molecule has 0 radical (unpaired) electrons. The third-order valence-corrected chi connectivity index (χ3v) is 7.83. The summed E-state index contributed by atoms with van der Waals surface area (Å²) in [5.41, 5.74) is 1.87. The number of nitrogens with one attached hydrogen (secondary N) is 1. The quantitative estimate of drug-likeness (QED) is 0.152. The molecule has 1 aliphatic rings. The molecule has 0 atom stereocenters. The number of anilines is 1. The monoisotopic (exact) mass is 568 g/mol. The van der Waals surface area contributed by atoms with Crippen LogP contribution in [0.1, 0.15) is 89.5 Å². The zero-order valence-corrected chi connectivity index (χ0v) is 25.3.